The lowest BCUT2D eigenvalue weighted by atomic mass is 10.5. The van der Waals surface area contributed by atoms with E-state index in [0.29, 0.717) is 19.5 Å². The van der Waals surface area contributed by atoms with Gasteiger partial charge < -0.3 is 10.3 Å². The highest BCUT2D eigenvalue weighted by Gasteiger charge is 2.26. The highest BCUT2D eigenvalue weighted by atomic mass is 35.5. The maximum absolute atomic E-state index is 12.1. The third-order valence-electron chi connectivity index (χ3n) is 1.87. The molecule has 0 aliphatic rings. The Bertz CT molecular complexity index is 338. The van der Waals surface area contributed by atoms with Crippen molar-refractivity contribution in [3.05, 3.63) is 0 Å². The van der Waals surface area contributed by atoms with E-state index >= 15 is 0 Å². The van der Waals surface area contributed by atoms with Crippen LogP contribution in [0.4, 0.5) is 4.79 Å². The molecule has 0 radical (unpaired) electrons. The molecule has 0 aromatic heterocycles. The predicted molar refractivity (Wildman–Crippen MR) is 76.6 cm³/mol. The Morgan fingerprint density at radius 2 is 2.00 bits per heavy atom. The number of nitrogens with one attached hydrogen (secondary N) is 1. The zero-order chi connectivity index (χ0) is 14.7. The summed E-state index contributed by atoms with van der Waals surface area (Å²) in [5.41, 5.74) is 12.4. The largest absolute Gasteiger partial charge is 0.350 e. The topological polar surface area (TPSA) is 123 Å². The molecule has 0 saturated heterocycles. The molecule has 0 bridgehead atoms. The van der Waals surface area contributed by atoms with Gasteiger partial charge in [0.2, 0.25) is 0 Å². The number of amides is 2. The Morgan fingerprint density at radius 1 is 1.42 bits per heavy atom. The van der Waals surface area contributed by atoms with Crippen LogP contribution in [0.15, 0.2) is 5.10 Å². The van der Waals surface area contributed by atoms with E-state index in [2.05, 4.69) is 5.10 Å². The summed E-state index contributed by atoms with van der Waals surface area (Å²) >= 11 is 11.2. The normalized spacial score (nSPS) is 14.7. The number of nitrogens with zero attached hydrogens (tertiary/aromatic N) is 2. The van der Waals surface area contributed by atoms with Crippen molar-refractivity contribution in [2.75, 3.05) is 31.5 Å². The minimum absolute atomic E-state index is 0.0821. The highest BCUT2D eigenvalue weighted by Crippen LogP contribution is 2.42. The van der Waals surface area contributed by atoms with Crippen LogP contribution in [0.5, 0.6) is 0 Å². The average molecular weight is 334 g/mol. The first kappa shape index (κ1) is 18.6. The van der Waals surface area contributed by atoms with E-state index in [1.54, 1.807) is 0 Å². The molecule has 11 heteroatoms. The maximum atomic E-state index is 12.1. The van der Waals surface area contributed by atoms with Crippen molar-refractivity contribution in [3.63, 3.8) is 0 Å². The fraction of sp³-hybridized carbons (Fsp3) is 0.750. The zero-order valence-electron chi connectivity index (χ0n) is 10.3. The smallest absolute Gasteiger partial charge is 0.340 e. The summed E-state index contributed by atoms with van der Waals surface area (Å²) < 4.78 is 18.6. The molecule has 0 saturated carbocycles. The monoisotopic (exact) mass is 333 g/mol. The molecule has 0 fully saturated rings. The molecule has 0 aliphatic carbocycles. The van der Waals surface area contributed by atoms with Crippen molar-refractivity contribution >= 4 is 43.1 Å². The first-order valence-corrected chi connectivity index (χ1v) is 8.13. The van der Waals surface area contributed by atoms with E-state index in [1.807, 2.05) is 5.43 Å². The van der Waals surface area contributed by atoms with Crippen molar-refractivity contribution in [1.82, 2.24) is 10.1 Å². The van der Waals surface area contributed by atoms with Gasteiger partial charge in [0.05, 0.1) is 6.61 Å². The molecule has 5 N–H and O–H groups in total. The first-order valence-electron chi connectivity index (χ1n) is 5.41. The van der Waals surface area contributed by atoms with Crippen LogP contribution in [0.25, 0.3) is 0 Å². The highest BCUT2D eigenvalue weighted by molar-refractivity contribution is 7.53. The fourth-order valence-corrected chi connectivity index (χ4v) is 3.01. The Kier molecular flexibility index (Phi) is 10.2. The molecule has 0 rings (SSSR count). The van der Waals surface area contributed by atoms with Crippen LogP contribution in [-0.4, -0.2) is 48.4 Å². The summed E-state index contributed by atoms with van der Waals surface area (Å²) in [4.78, 5) is 10.3. The summed E-state index contributed by atoms with van der Waals surface area (Å²) in [6, 6.07) is -0.767. The summed E-state index contributed by atoms with van der Waals surface area (Å²) in [5, 5.41) is 3.49. The van der Waals surface area contributed by atoms with Gasteiger partial charge in [-0.25, -0.2) is 20.4 Å². The molecule has 112 valence electrons. The SMILES string of the molecule is NC(=O)N/N=C/CCOP(N)(=O)N(CCCl)CCCl. The summed E-state index contributed by atoms with van der Waals surface area (Å²) in [7, 11) is -3.41. The van der Waals surface area contributed by atoms with E-state index < -0.39 is 13.7 Å². The van der Waals surface area contributed by atoms with Crippen molar-refractivity contribution in [3.8, 4) is 0 Å². The second-order valence-electron chi connectivity index (χ2n) is 3.31. The minimum Gasteiger partial charge on any atom is -0.350 e. The molecule has 1 unspecified atom stereocenters. The summed E-state index contributed by atoms with van der Waals surface area (Å²) in [6.45, 7) is 0.720. The van der Waals surface area contributed by atoms with Gasteiger partial charge >= 0.3 is 13.7 Å². The second-order valence-corrected chi connectivity index (χ2v) is 6.01. The van der Waals surface area contributed by atoms with Gasteiger partial charge in [-0.2, -0.15) is 5.10 Å². The van der Waals surface area contributed by atoms with Crippen LogP contribution in [0.2, 0.25) is 0 Å². The molecule has 2 amide bonds. The number of halogens is 2. The molecule has 0 aromatic carbocycles. The van der Waals surface area contributed by atoms with Crippen molar-refractivity contribution < 1.29 is 13.9 Å². The van der Waals surface area contributed by atoms with Crippen LogP contribution >= 0.6 is 30.9 Å². The van der Waals surface area contributed by atoms with Crippen LogP contribution < -0.4 is 16.7 Å². The van der Waals surface area contributed by atoms with Crippen LogP contribution in [0.1, 0.15) is 6.42 Å². The fourth-order valence-electron chi connectivity index (χ4n) is 1.08. The maximum Gasteiger partial charge on any atom is 0.340 e. The molecule has 0 aliphatic heterocycles. The number of hydrazone groups is 1. The van der Waals surface area contributed by atoms with Gasteiger partial charge in [-0.05, 0) is 0 Å². The zero-order valence-corrected chi connectivity index (χ0v) is 12.7. The number of carbonyl (C=O) groups is 1. The molecule has 19 heavy (non-hydrogen) atoms. The number of nitrogens with two attached hydrogens (primary N) is 2. The van der Waals surface area contributed by atoms with Gasteiger partial charge in [-0.3, -0.25) is 4.57 Å². The second kappa shape index (κ2) is 10.4. The third kappa shape index (κ3) is 9.21. The van der Waals surface area contributed by atoms with Crippen molar-refractivity contribution in [1.29, 1.82) is 0 Å². The lowest BCUT2D eigenvalue weighted by Gasteiger charge is -2.26. The molecule has 0 heterocycles. The molecular formula is C8H18Cl2N5O3P. The van der Waals surface area contributed by atoms with E-state index in [0.717, 1.165) is 0 Å². The molecule has 8 nitrogen and oxygen atoms in total. The Morgan fingerprint density at radius 3 is 2.47 bits per heavy atom. The summed E-state index contributed by atoms with van der Waals surface area (Å²) in [6.07, 6.45) is 1.68. The van der Waals surface area contributed by atoms with Crippen molar-refractivity contribution in [2.24, 2.45) is 16.3 Å². The van der Waals surface area contributed by atoms with E-state index in [-0.39, 0.29) is 18.4 Å². The lowest BCUT2D eigenvalue weighted by Crippen LogP contribution is -2.29. The standard InChI is InChI=1S/C8H18Cl2N5O3P/c9-2-5-15(6-3-10)19(12,17)18-7-1-4-13-14-8(11)16/h4H,1-3,5-7H2,(H2,12,17)(H3,11,14,16)/b13-4+. The van der Waals surface area contributed by atoms with E-state index in [4.69, 9.17) is 39.0 Å². The van der Waals surface area contributed by atoms with Crippen molar-refractivity contribution in [2.45, 2.75) is 6.42 Å². The minimum atomic E-state index is -3.41. The Labute approximate surface area is 122 Å². The summed E-state index contributed by atoms with van der Waals surface area (Å²) in [5.74, 6) is 0.539. The quantitative estimate of drug-likeness (QED) is 0.180. The third-order valence-corrected chi connectivity index (χ3v) is 3.95. The molecular weight excluding hydrogens is 316 g/mol. The average Bonchev–Trinajstić information content (AvgIpc) is 2.33. The van der Waals surface area contributed by atoms with E-state index in [1.165, 1.54) is 10.9 Å². The number of hydrogen-bond acceptors (Lipinski definition) is 4. The Hall–Kier alpha value is -0.370. The van der Waals surface area contributed by atoms with Crippen LogP contribution in [-0.2, 0) is 9.09 Å². The van der Waals surface area contributed by atoms with Gasteiger partial charge in [0.15, 0.2) is 0 Å². The number of carbonyl (C=O) groups excluding carboxylic acids is 1. The number of rotatable bonds is 10. The number of urea groups is 1. The van der Waals surface area contributed by atoms with Gasteiger partial charge in [0, 0.05) is 37.5 Å². The van der Waals surface area contributed by atoms with Crippen LogP contribution in [0, 0.1) is 0 Å². The number of primary amides is 1. The number of alkyl halides is 2. The van der Waals surface area contributed by atoms with Gasteiger partial charge in [0.1, 0.15) is 0 Å². The number of hydrogen-bond donors (Lipinski definition) is 3. The molecule has 0 aromatic rings. The molecule has 0 spiro atoms. The van der Waals surface area contributed by atoms with E-state index in [9.17, 15) is 9.36 Å². The molecule has 1 atom stereocenters. The first-order chi connectivity index (χ1) is 8.94. The van der Waals surface area contributed by atoms with Gasteiger partial charge in [-0.1, -0.05) is 0 Å². The Balaban J connectivity index is 4.09. The predicted octanol–water partition coefficient (Wildman–Crippen LogP) is 0.894. The lowest BCUT2D eigenvalue weighted by molar-refractivity contribution is 0.249. The van der Waals surface area contributed by atoms with Crippen LogP contribution in [0.3, 0.4) is 0 Å². The van der Waals surface area contributed by atoms with Gasteiger partial charge in [0.25, 0.3) is 0 Å². The van der Waals surface area contributed by atoms with Gasteiger partial charge in [-0.15, -0.1) is 23.2 Å².